The summed E-state index contributed by atoms with van der Waals surface area (Å²) in [5.41, 5.74) is 3.69. The summed E-state index contributed by atoms with van der Waals surface area (Å²) >= 11 is 0. The first kappa shape index (κ1) is 17.5. The first-order valence-corrected chi connectivity index (χ1v) is 11.0. The fourth-order valence-corrected chi connectivity index (χ4v) is 6.56. The zero-order valence-corrected chi connectivity index (χ0v) is 16.4. The molecular formula is C22H21N3O2S. The Balaban J connectivity index is 1.56. The number of rotatable bonds is 3. The lowest BCUT2D eigenvalue weighted by Crippen LogP contribution is -2.42. The van der Waals surface area contributed by atoms with Gasteiger partial charge in [0.15, 0.2) is 5.82 Å². The number of benzene rings is 2. The average molecular weight is 391 g/mol. The molecule has 3 heterocycles. The van der Waals surface area contributed by atoms with Crippen LogP contribution in [0.15, 0.2) is 65.7 Å². The van der Waals surface area contributed by atoms with E-state index >= 15 is 0 Å². The highest BCUT2D eigenvalue weighted by atomic mass is 32.2. The third-order valence-corrected chi connectivity index (χ3v) is 7.93. The van der Waals surface area contributed by atoms with Crippen LogP contribution < -0.4 is 0 Å². The summed E-state index contributed by atoms with van der Waals surface area (Å²) in [5.74, 6) is 0.703. The zero-order chi connectivity index (χ0) is 19.3. The minimum atomic E-state index is -3.56. The van der Waals surface area contributed by atoms with Crippen molar-refractivity contribution in [1.29, 1.82) is 0 Å². The van der Waals surface area contributed by atoms with Gasteiger partial charge in [-0.15, -0.1) is 0 Å². The average Bonchev–Trinajstić information content (AvgIpc) is 3.05. The van der Waals surface area contributed by atoms with Crippen LogP contribution in [0.3, 0.4) is 0 Å². The van der Waals surface area contributed by atoms with Crippen molar-refractivity contribution in [2.24, 2.45) is 0 Å². The van der Waals surface area contributed by atoms with Gasteiger partial charge in [0.05, 0.1) is 16.6 Å². The minimum absolute atomic E-state index is 0.0411. The van der Waals surface area contributed by atoms with Gasteiger partial charge in [-0.2, -0.15) is 4.31 Å². The van der Waals surface area contributed by atoms with Gasteiger partial charge < -0.3 is 0 Å². The van der Waals surface area contributed by atoms with Crippen LogP contribution in [-0.4, -0.2) is 28.7 Å². The van der Waals surface area contributed by atoms with E-state index in [9.17, 15) is 8.42 Å². The molecule has 0 radical (unpaired) electrons. The maximum atomic E-state index is 13.5. The van der Waals surface area contributed by atoms with E-state index in [1.807, 2.05) is 55.6 Å². The molecule has 142 valence electrons. The fourth-order valence-electron chi connectivity index (χ4n) is 4.48. The smallest absolute Gasteiger partial charge is 0.236 e. The summed E-state index contributed by atoms with van der Waals surface area (Å²) in [4.78, 5) is 9.75. The highest BCUT2D eigenvalue weighted by Crippen LogP contribution is 2.46. The Labute approximate surface area is 165 Å². The monoisotopic (exact) mass is 391 g/mol. The standard InChI is InChI=1S/C22H21N3O2S/c1-15-7-5-6-10-21(15)28(26,27)25-17-11-12-20(25)18-14-23-22(24-19(18)13-17)16-8-3-2-4-9-16/h2-10,14,17,20H,11-13H2,1H3/t17-,20+/m0/s1. The number of hydrogen-bond acceptors (Lipinski definition) is 4. The molecule has 0 saturated carbocycles. The summed E-state index contributed by atoms with van der Waals surface area (Å²) in [6.07, 6.45) is 4.14. The Morgan fingerprint density at radius 1 is 1.00 bits per heavy atom. The van der Waals surface area contributed by atoms with Gasteiger partial charge in [-0.1, -0.05) is 48.5 Å². The molecule has 3 aromatic rings. The highest BCUT2D eigenvalue weighted by molar-refractivity contribution is 7.89. The van der Waals surface area contributed by atoms with E-state index in [4.69, 9.17) is 4.98 Å². The lowest BCUT2D eigenvalue weighted by Gasteiger charge is -2.35. The molecule has 0 spiro atoms. The molecule has 28 heavy (non-hydrogen) atoms. The summed E-state index contributed by atoms with van der Waals surface area (Å²) in [6.45, 7) is 1.85. The second-order valence-electron chi connectivity index (χ2n) is 7.51. The third-order valence-electron chi connectivity index (χ3n) is 5.81. The van der Waals surface area contributed by atoms with Crippen LogP contribution in [0.2, 0.25) is 0 Å². The number of fused-ring (bicyclic) bond motifs is 4. The van der Waals surface area contributed by atoms with Crippen LogP contribution in [0.1, 0.15) is 35.7 Å². The Morgan fingerprint density at radius 2 is 1.75 bits per heavy atom. The molecule has 2 atom stereocenters. The molecule has 1 saturated heterocycles. The van der Waals surface area contributed by atoms with E-state index in [1.54, 1.807) is 16.4 Å². The second-order valence-corrected chi connectivity index (χ2v) is 9.32. The summed E-state index contributed by atoms with van der Waals surface area (Å²) in [6, 6.07) is 16.9. The number of aromatic nitrogens is 2. The van der Waals surface area contributed by atoms with E-state index in [1.165, 1.54) is 0 Å². The zero-order valence-electron chi connectivity index (χ0n) is 15.6. The maximum absolute atomic E-state index is 13.5. The number of hydrogen-bond donors (Lipinski definition) is 0. The molecule has 2 aliphatic rings. The van der Waals surface area contributed by atoms with Gasteiger partial charge in [-0.25, -0.2) is 18.4 Å². The molecule has 0 N–H and O–H groups in total. The molecule has 5 nitrogen and oxygen atoms in total. The van der Waals surface area contributed by atoms with Gasteiger partial charge in [-0.3, -0.25) is 0 Å². The topological polar surface area (TPSA) is 63.2 Å². The van der Waals surface area contributed by atoms with Crippen molar-refractivity contribution in [2.75, 3.05) is 0 Å². The Bertz CT molecular complexity index is 1150. The predicted molar refractivity (Wildman–Crippen MR) is 107 cm³/mol. The lowest BCUT2D eigenvalue weighted by molar-refractivity contribution is 0.300. The van der Waals surface area contributed by atoms with E-state index in [2.05, 4.69) is 4.98 Å². The molecule has 0 aliphatic carbocycles. The quantitative estimate of drug-likeness (QED) is 0.679. The molecule has 0 unspecified atom stereocenters. The molecule has 2 aromatic carbocycles. The molecule has 1 aromatic heterocycles. The van der Waals surface area contributed by atoms with E-state index in [0.717, 1.165) is 35.2 Å². The molecule has 2 bridgehead atoms. The molecule has 5 rings (SSSR count). The number of aryl methyl sites for hydroxylation is 1. The van der Waals surface area contributed by atoms with Crippen LogP contribution >= 0.6 is 0 Å². The van der Waals surface area contributed by atoms with Gasteiger partial charge in [-0.05, 0) is 31.4 Å². The number of nitrogens with zero attached hydrogens (tertiary/aromatic N) is 3. The van der Waals surface area contributed by atoms with E-state index in [0.29, 0.717) is 17.1 Å². The third kappa shape index (κ3) is 2.67. The molecular weight excluding hydrogens is 370 g/mol. The first-order valence-electron chi connectivity index (χ1n) is 9.56. The Morgan fingerprint density at radius 3 is 2.54 bits per heavy atom. The van der Waals surface area contributed by atoms with Gasteiger partial charge in [0, 0.05) is 29.8 Å². The van der Waals surface area contributed by atoms with Crippen molar-refractivity contribution in [3.63, 3.8) is 0 Å². The molecule has 6 heteroatoms. The Kier molecular flexibility index (Phi) is 4.07. The van der Waals surface area contributed by atoms with Crippen LogP contribution in [0, 0.1) is 6.92 Å². The van der Waals surface area contributed by atoms with Crippen LogP contribution in [0.4, 0.5) is 0 Å². The van der Waals surface area contributed by atoms with Gasteiger partial charge in [0.2, 0.25) is 10.0 Å². The van der Waals surface area contributed by atoms with Crippen molar-refractivity contribution in [1.82, 2.24) is 14.3 Å². The summed E-state index contributed by atoms with van der Waals surface area (Å²) in [7, 11) is -3.56. The summed E-state index contributed by atoms with van der Waals surface area (Å²) < 4.78 is 28.6. The normalized spacial score (nSPS) is 21.5. The molecule has 0 amide bonds. The van der Waals surface area contributed by atoms with Gasteiger partial charge in [0.1, 0.15) is 0 Å². The highest BCUT2D eigenvalue weighted by Gasteiger charge is 2.47. The van der Waals surface area contributed by atoms with Crippen LogP contribution in [0.25, 0.3) is 11.4 Å². The van der Waals surface area contributed by atoms with Crippen molar-refractivity contribution < 1.29 is 8.42 Å². The van der Waals surface area contributed by atoms with E-state index < -0.39 is 10.0 Å². The predicted octanol–water partition coefficient (Wildman–Crippen LogP) is 3.90. The molecule has 1 fully saturated rings. The van der Waals surface area contributed by atoms with Crippen LogP contribution in [0.5, 0.6) is 0 Å². The van der Waals surface area contributed by atoms with Crippen molar-refractivity contribution in [3.05, 3.63) is 77.6 Å². The second kappa shape index (κ2) is 6.50. The molecule has 2 aliphatic heterocycles. The lowest BCUT2D eigenvalue weighted by atomic mass is 10.0. The summed E-state index contributed by atoms with van der Waals surface area (Å²) in [5, 5.41) is 0. The largest absolute Gasteiger partial charge is 0.244 e. The van der Waals surface area contributed by atoms with Crippen molar-refractivity contribution in [3.8, 4) is 11.4 Å². The van der Waals surface area contributed by atoms with Gasteiger partial charge in [0.25, 0.3) is 0 Å². The minimum Gasteiger partial charge on any atom is -0.236 e. The van der Waals surface area contributed by atoms with Crippen molar-refractivity contribution >= 4 is 10.0 Å². The first-order chi connectivity index (χ1) is 13.6. The maximum Gasteiger partial charge on any atom is 0.244 e. The van der Waals surface area contributed by atoms with Crippen LogP contribution in [-0.2, 0) is 16.4 Å². The Hall–Kier alpha value is -2.57. The van der Waals surface area contributed by atoms with E-state index in [-0.39, 0.29) is 12.1 Å². The van der Waals surface area contributed by atoms with Gasteiger partial charge >= 0.3 is 0 Å². The number of sulfonamides is 1. The SMILES string of the molecule is Cc1ccccc1S(=O)(=O)N1[C@H]2CC[C@@H]1c1cnc(-c3ccccc3)nc1C2. The van der Waals surface area contributed by atoms with Crippen molar-refractivity contribution in [2.45, 2.75) is 43.2 Å². The fraction of sp³-hybridized carbons (Fsp3) is 0.273.